The molecule has 4 rings (SSSR count). The Morgan fingerprint density at radius 1 is 1.27 bits per heavy atom. The molecule has 3 aliphatic rings. The number of nitrogens with zero attached hydrogens (tertiary/aromatic N) is 5. The van der Waals surface area contributed by atoms with Crippen LogP contribution in [0.1, 0.15) is 19.4 Å². The van der Waals surface area contributed by atoms with Gasteiger partial charge in [0.1, 0.15) is 12.2 Å². The van der Waals surface area contributed by atoms with Gasteiger partial charge in [0.25, 0.3) is 5.91 Å². The van der Waals surface area contributed by atoms with Crippen LogP contribution in [0.3, 0.4) is 0 Å². The van der Waals surface area contributed by atoms with Crippen LogP contribution >= 0.6 is 11.6 Å². The van der Waals surface area contributed by atoms with Crippen LogP contribution in [0.5, 0.6) is 0 Å². The molecule has 0 aliphatic carbocycles. The molecule has 0 radical (unpaired) electrons. The van der Waals surface area contributed by atoms with Gasteiger partial charge in [-0.3, -0.25) is 20.0 Å². The zero-order valence-electron chi connectivity index (χ0n) is 17.6. The summed E-state index contributed by atoms with van der Waals surface area (Å²) in [7, 11) is 3.36. The fourth-order valence-electron chi connectivity index (χ4n) is 4.34. The Labute approximate surface area is 181 Å². The topological polar surface area (TPSA) is 80.7 Å². The van der Waals surface area contributed by atoms with E-state index in [0.717, 1.165) is 11.3 Å². The lowest BCUT2D eigenvalue weighted by Gasteiger charge is -2.45. The van der Waals surface area contributed by atoms with Crippen molar-refractivity contribution < 1.29 is 14.3 Å². The molecule has 10 heteroatoms. The highest BCUT2D eigenvalue weighted by Gasteiger charge is 2.57. The van der Waals surface area contributed by atoms with Crippen molar-refractivity contribution in [3.8, 4) is 0 Å². The predicted molar refractivity (Wildman–Crippen MR) is 113 cm³/mol. The molecule has 0 spiro atoms. The first-order valence-corrected chi connectivity index (χ1v) is 10.4. The number of hydrazone groups is 1. The summed E-state index contributed by atoms with van der Waals surface area (Å²) in [5.74, 6) is -0.230. The minimum Gasteiger partial charge on any atom is -0.383 e. The third-order valence-electron chi connectivity index (χ3n) is 6.12. The van der Waals surface area contributed by atoms with E-state index in [9.17, 15) is 9.59 Å². The number of hydrogen-bond donors (Lipinski definition) is 1. The Balaban J connectivity index is 1.66. The molecule has 162 valence electrons. The molecule has 4 atom stereocenters. The average molecular weight is 435 g/mol. The number of ether oxygens (including phenoxy) is 1. The van der Waals surface area contributed by atoms with Gasteiger partial charge in [0.15, 0.2) is 6.29 Å². The Hall–Kier alpha value is -2.20. The molecule has 1 aromatic carbocycles. The highest BCUT2D eigenvalue weighted by molar-refractivity contribution is 6.31. The molecule has 30 heavy (non-hydrogen) atoms. The van der Waals surface area contributed by atoms with E-state index < -0.39 is 12.2 Å². The largest absolute Gasteiger partial charge is 0.383 e. The minimum absolute atomic E-state index is 0.0518. The van der Waals surface area contributed by atoms with Gasteiger partial charge in [-0.15, -0.1) is 0 Å². The number of nitrogens with one attached hydrogen (secondary N) is 1. The smallest absolute Gasteiger partial charge is 0.328 e. The molecule has 3 amide bonds. The lowest BCUT2D eigenvalue weighted by Crippen LogP contribution is -2.67. The second kappa shape index (κ2) is 8.14. The van der Waals surface area contributed by atoms with Crippen molar-refractivity contribution in [2.75, 3.05) is 27.3 Å². The standard InChI is InChI=1S/C20H27ClN6O3/c1-12-13(2)27-16-17(22-19(27)26(23-12)9-10-30-4)24(3)20(29)25(18(16)28)11-14-7-5-6-8-15(14)21/h5-8,13,16-17,19,22H,9-11H2,1-4H3. The Bertz CT molecular complexity index is 880. The Morgan fingerprint density at radius 3 is 2.70 bits per heavy atom. The van der Waals surface area contributed by atoms with Gasteiger partial charge in [0.05, 0.1) is 31.4 Å². The van der Waals surface area contributed by atoms with Gasteiger partial charge in [0, 0.05) is 19.2 Å². The summed E-state index contributed by atoms with van der Waals surface area (Å²) in [6, 6.07) is 6.34. The second-order valence-corrected chi connectivity index (χ2v) is 8.27. The molecule has 4 unspecified atom stereocenters. The highest BCUT2D eigenvalue weighted by Crippen LogP contribution is 2.33. The Kier molecular flexibility index (Phi) is 5.71. The molecular weight excluding hydrogens is 408 g/mol. The first-order chi connectivity index (χ1) is 14.3. The zero-order valence-corrected chi connectivity index (χ0v) is 18.3. The number of benzene rings is 1. The molecule has 0 saturated carbocycles. The number of methoxy groups -OCH3 is 1. The monoisotopic (exact) mass is 434 g/mol. The molecule has 1 aromatic rings. The molecule has 1 N–H and O–H groups in total. The second-order valence-electron chi connectivity index (χ2n) is 7.86. The number of rotatable bonds is 5. The van der Waals surface area contributed by atoms with Crippen molar-refractivity contribution in [3.05, 3.63) is 34.9 Å². The first kappa shape index (κ1) is 21.0. The lowest BCUT2D eigenvalue weighted by molar-refractivity contribution is -0.140. The third-order valence-corrected chi connectivity index (χ3v) is 6.49. The van der Waals surface area contributed by atoms with Crippen molar-refractivity contribution >= 4 is 29.3 Å². The van der Waals surface area contributed by atoms with Gasteiger partial charge in [0.2, 0.25) is 0 Å². The summed E-state index contributed by atoms with van der Waals surface area (Å²) in [6.07, 6.45) is -0.737. The summed E-state index contributed by atoms with van der Waals surface area (Å²) in [5.41, 5.74) is 1.65. The molecule has 0 bridgehead atoms. The van der Waals surface area contributed by atoms with E-state index in [2.05, 4.69) is 15.3 Å². The number of amides is 3. The molecule has 3 heterocycles. The normalized spacial score (nSPS) is 29.2. The van der Waals surface area contributed by atoms with E-state index >= 15 is 0 Å². The number of urea groups is 1. The van der Waals surface area contributed by atoms with Gasteiger partial charge in [-0.05, 0) is 25.5 Å². The summed E-state index contributed by atoms with van der Waals surface area (Å²) >= 11 is 6.29. The Morgan fingerprint density at radius 2 is 2.00 bits per heavy atom. The van der Waals surface area contributed by atoms with Crippen LogP contribution in [0.2, 0.25) is 5.02 Å². The number of likely N-dealkylation sites (N-methyl/N-ethyl adjacent to an activating group) is 1. The van der Waals surface area contributed by atoms with Gasteiger partial charge in [-0.2, -0.15) is 5.10 Å². The number of imide groups is 1. The van der Waals surface area contributed by atoms with Crippen LogP contribution in [0.4, 0.5) is 4.79 Å². The van der Waals surface area contributed by atoms with Crippen molar-refractivity contribution in [1.82, 2.24) is 25.0 Å². The van der Waals surface area contributed by atoms with Crippen LogP contribution in [0, 0.1) is 0 Å². The predicted octanol–water partition coefficient (Wildman–Crippen LogP) is 1.34. The summed E-state index contributed by atoms with van der Waals surface area (Å²) in [4.78, 5) is 31.6. The van der Waals surface area contributed by atoms with Crippen molar-refractivity contribution in [3.63, 3.8) is 0 Å². The number of halogens is 1. The first-order valence-electron chi connectivity index (χ1n) is 10.0. The van der Waals surface area contributed by atoms with Gasteiger partial charge >= 0.3 is 6.03 Å². The van der Waals surface area contributed by atoms with E-state index in [1.807, 2.05) is 37.1 Å². The molecule has 9 nitrogen and oxygen atoms in total. The molecule has 2 saturated heterocycles. The fraction of sp³-hybridized carbons (Fsp3) is 0.550. The third kappa shape index (κ3) is 3.35. The summed E-state index contributed by atoms with van der Waals surface area (Å²) < 4.78 is 5.22. The van der Waals surface area contributed by atoms with E-state index in [1.165, 1.54) is 4.90 Å². The number of hydrogen-bond acceptors (Lipinski definition) is 7. The lowest BCUT2D eigenvalue weighted by atomic mass is 10.0. The maximum atomic E-state index is 13.6. The van der Waals surface area contributed by atoms with Crippen LogP contribution in [0.15, 0.2) is 29.4 Å². The van der Waals surface area contributed by atoms with Crippen molar-refractivity contribution in [2.45, 2.75) is 44.9 Å². The van der Waals surface area contributed by atoms with Crippen LogP contribution in [-0.2, 0) is 16.1 Å². The van der Waals surface area contributed by atoms with Crippen LogP contribution in [0.25, 0.3) is 0 Å². The quantitative estimate of drug-likeness (QED) is 0.753. The van der Waals surface area contributed by atoms with Crippen molar-refractivity contribution in [2.24, 2.45) is 5.10 Å². The van der Waals surface area contributed by atoms with E-state index in [4.69, 9.17) is 16.3 Å². The maximum Gasteiger partial charge on any atom is 0.328 e. The average Bonchev–Trinajstić information content (AvgIpc) is 3.14. The molecule has 2 fully saturated rings. The van der Waals surface area contributed by atoms with Crippen LogP contribution in [-0.4, -0.2) is 89.2 Å². The molecular formula is C20H27ClN6O3. The van der Waals surface area contributed by atoms with Gasteiger partial charge in [-0.25, -0.2) is 9.69 Å². The zero-order chi connectivity index (χ0) is 21.6. The maximum absolute atomic E-state index is 13.6. The number of carbonyl (C=O) groups is 2. The van der Waals surface area contributed by atoms with Gasteiger partial charge < -0.3 is 9.64 Å². The molecule has 3 aliphatic heterocycles. The SMILES string of the molecule is COCCN1N=C(C)C(C)N2C3C(=O)N(Cc4ccccc4Cl)C(=O)N(C)C3NC12. The van der Waals surface area contributed by atoms with Crippen LogP contribution < -0.4 is 5.32 Å². The van der Waals surface area contributed by atoms with Gasteiger partial charge in [-0.1, -0.05) is 29.8 Å². The molecule has 0 aromatic heterocycles. The van der Waals surface area contributed by atoms with Crippen molar-refractivity contribution in [1.29, 1.82) is 0 Å². The van der Waals surface area contributed by atoms with E-state index in [-0.39, 0.29) is 30.8 Å². The van der Waals surface area contributed by atoms with E-state index in [0.29, 0.717) is 18.2 Å². The minimum atomic E-state index is -0.523. The summed E-state index contributed by atoms with van der Waals surface area (Å²) in [5, 5.41) is 10.5. The van der Waals surface area contributed by atoms with E-state index in [1.54, 1.807) is 25.1 Å². The summed E-state index contributed by atoms with van der Waals surface area (Å²) in [6.45, 7) is 5.21. The number of fused-ring (bicyclic) bond motifs is 3. The highest BCUT2D eigenvalue weighted by atomic mass is 35.5. The fourth-order valence-corrected chi connectivity index (χ4v) is 4.54. The number of carbonyl (C=O) groups excluding carboxylic acids is 2.